The van der Waals surface area contributed by atoms with E-state index < -0.39 is 0 Å². The molecule has 32 heavy (non-hydrogen) atoms. The number of anilines is 1. The first kappa shape index (κ1) is 23.6. The Balaban J connectivity index is 1.69. The average Bonchev–Trinajstić information content (AvgIpc) is 3.20. The molecule has 1 amide bonds. The van der Waals surface area contributed by atoms with Crippen molar-refractivity contribution in [1.29, 1.82) is 0 Å². The number of carbonyl (C=O) groups excluding carboxylic acids is 1. The normalized spacial score (nSPS) is 10.9. The van der Waals surface area contributed by atoms with Gasteiger partial charge in [0.05, 0.1) is 12.4 Å². The molecule has 0 unspecified atom stereocenters. The van der Waals surface area contributed by atoms with E-state index in [1.54, 1.807) is 6.08 Å². The summed E-state index contributed by atoms with van der Waals surface area (Å²) in [4.78, 5) is 12.5. The summed E-state index contributed by atoms with van der Waals surface area (Å²) in [5.74, 6) is 2.21. The Morgan fingerprint density at radius 2 is 1.94 bits per heavy atom. The number of amides is 1. The van der Waals surface area contributed by atoms with Gasteiger partial charge in [0.25, 0.3) is 0 Å². The van der Waals surface area contributed by atoms with Crippen LogP contribution in [0.4, 0.5) is 5.69 Å². The summed E-state index contributed by atoms with van der Waals surface area (Å²) in [6, 6.07) is 15.7. The largest absolute Gasteiger partial charge is 0.493 e. The minimum atomic E-state index is -0.0720. The Morgan fingerprint density at radius 1 is 1.19 bits per heavy atom. The molecule has 7 heteroatoms. The van der Waals surface area contributed by atoms with E-state index in [9.17, 15) is 4.79 Å². The summed E-state index contributed by atoms with van der Waals surface area (Å²) in [5.41, 5.74) is 2.90. The zero-order valence-electron chi connectivity index (χ0n) is 18.9. The molecule has 0 spiro atoms. The second-order valence-electron chi connectivity index (χ2n) is 7.78. The molecule has 1 aromatic heterocycles. The van der Waals surface area contributed by atoms with E-state index in [-0.39, 0.29) is 11.7 Å². The third-order valence-electron chi connectivity index (χ3n) is 4.73. The van der Waals surface area contributed by atoms with Gasteiger partial charge >= 0.3 is 0 Å². The van der Waals surface area contributed by atoms with E-state index in [4.69, 9.17) is 4.74 Å². The van der Waals surface area contributed by atoms with Gasteiger partial charge < -0.3 is 10.1 Å². The molecule has 2 aromatic carbocycles. The van der Waals surface area contributed by atoms with Crippen LogP contribution in [0.1, 0.15) is 26.3 Å². The minimum absolute atomic E-state index is 0.0720. The van der Waals surface area contributed by atoms with Gasteiger partial charge in [-0.2, -0.15) is 0 Å². The summed E-state index contributed by atoms with van der Waals surface area (Å²) < 4.78 is 7.73. The van der Waals surface area contributed by atoms with Crippen LogP contribution >= 0.6 is 11.8 Å². The molecule has 6 nitrogen and oxygen atoms in total. The third kappa shape index (κ3) is 6.23. The van der Waals surface area contributed by atoms with Gasteiger partial charge in [-0.25, -0.2) is 0 Å². The topological polar surface area (TPSA) is 69.0 Å². The van der Waals surface area contributed by atoms with Gasteiger partial charge in [-0.15, -0.1) is 16.8 Å². The van der Waals surface area contributed by atoms with Gasteiger partial charge in [0.1, 0.15) is 5.75 Å². The predicted octanol–water partition coefficient (Wildman–Crippen LogP) is 5.46. The fraction of sp³-hybridized carbons (Fsp3) is 0.320. The molecule has 0 aliphatic carbocycles. The van der Waals surface area contributed by atoms with Crippen molar-refractivity contribution in [1.82, 2.24) is 14.8 Å². The fourth-order valence-corrected chi connectivity index (χ4v) is 3.88. The lowest BCUT2D eigenvalue weighted by Gasteiger charge is -2.11. The highest BCUT2D eigenvalue weighted by Gasteiger charge is 2.15. The number of aromatic nitrogens is 3. The smallest absolute Gasteiger partial charge is 0.234 e. The first-order valence-corrected chi connectivity index (χ1v) is 11.8. The number of hydrogen-bond acceptors (Lipinski definition) is 5. The van der Waals surface area contributed by atoms with Crippen LogP contribution in [0.2, 0.25) is 0 Å². The average molecular weight is 451 g/mol. The zero-order chi connectivity index (χ0) is 22.9. The van der Waals surface area contributed by atoms with E-state index in [1.807, 2.05) is 53.1 Å². The second-order valence-corrected chi connectivity index (χ2v) is 8.72. The molecule has 3 aromatic rings. The van der Waals surface area contributed by atoms with Crippen molar-refractivity contribution in [2.45, 2.75) is 38.9 Å². The zero-order valence-corrected chi connectivity index (χ0v) is 19.7. The molecule has 0 bridgehead atoms. The Bertz CT molecular complexity index is 1040. The van der Waals surface area contributed by atoms with Crippen LogP contribution in [0.5, 0.6) is 5.75 Å². The van der Waals surface area contributed by atoms with Crippen molar-refractivity contribution in [2.24, 2.45) is 5.92 Å². The molecule has 0 saturated carbocycles. The Morgan fingerprint density at radius 3 is 2.62 bits per heavy atom. The first-order chi connectivity index (χ1) is 15.5. The number of hydrogen-bond donors (Lipinski definition) is 1. The number of thioether (sulfide) groups is 1. The Labute approximate surface area is 194 Å². The molecule has 0 aliphatic rings. The van der Waals surface area contributed by atoms with E-state index in [0.29, 0.717) is 24.2 Å². The molecular formula is C25H30N4O2S. The van der Waals surface area contributed by atoms with E-state index in [2.05, 4.69) is 42.9 Å². The van der Waals surface area contributed by atoms with Crippen molar-refractivity contribution in [3.8, 4) is 17.1 Å². The number of nitrogens with one attached hydrogen (secondary N) is 1. The van der Waals surface area contributed by atoms with Crippen molar-refractivity contribution in [3.63, 3.8) is 0 Å². The van der Waals surface area contributed by atoms with Crippen LogP contribution in [-0.4, -0.2) is 33.0 Å². The third-order valence-corrected chi connectivity index (χ3v) is 5.70. The Kier molecular flexibility index (Phi) is 8.50. The van der Waals surface area contributed by atoms with Crippen LogP contribution in [0.15, 0.2) is 66.3 Å². The van der Waals surface area contributed by atoms with Crippen molar-refractivity contribution in [2.75, 3.05) is 17.7 Å². The summed E-state index contributed by atoms with van der Waals surface area (Å²) in [7, 11) is 0. The van der Waals surface area contributed by atoms with Gasteiger partial charge in [0.2, 0.25) is 5.91 Å². The molecule has 0 aliphatic heterocycles. The maximum absolute atomic E-state index is 12.5. The van der Waals surface area contributed by atoms with Crippen molar-refractivity contribution in [3.05, 3.63) is 66.7 Å². The van der Waals surface area contributed by atoms with Crippen LogP contribution in [0.25, 0.3) is 11.4 Å². The van der Waals surface area contributed by atoms with Crippen molar-refractivity contribution < 1.29 is 9.53 Å². The summed E-state index contributed by atoms with van der Waals surface area (Å²) in [6.07, 6.45) is 2.66. The highest BCUT2D eigenvalue weighted by atomic mass is 32.2. The van der Waals surface area contributed by atoms with E-state index >= 15 is 0 Å². The van der Waals surface area contributed by atoms with Crippen LogP contribution < -0.4 is 10.1 Å². The number of para-hydroxylation sites is 1. The highest BCUT2D eigenvalue weighted by Crippen LogP contribution is 2.26. The van der Waals surface area contributed by atoms with Crippen molar-refractivity contribution >= 4 is 23.4 Å². The first-order valence-electron chi connectivity index (χ1n) is 10.8. The predicted molar refractivity (Wildman–Crippen MR) is 131 cm³/mol. The molecular weight excluding hydrogens is 420 g/mol. The number of nitrogens with zero attached hydrogens (tertiary/aromatic N) is 3. The molecule has 3 rings (SSSR count). The number of rotatable bonds is 11. The van der Waals surface area contributed by atoms with Gasteiger partial charge in [0.15, 0.2) is 11.0 Å². The summed E-state index contributed by atoms with van der Waals surface area (Å²) in [5, 5.41) is 12.4. The monoisotopic (exact) mass is 450 g/mol. The summed E-state index contributed by atoms with van der Waals surface area (Å²) >= 11 is 1.36. The number of carbonyl (C=O) groups is 1. The number of allylic oxidation sites excluding steroid dienone is 1. The second kappa shape index (κ2) is 11.5. The number of ether oxygens (including phenoxy) is 1. The molecule has 0 atom stereocenters. The molecule has 1 N–H and O–H groups in total. The van der Waals surface area contributed by atoms with Gasteiger partial charge in [-0.1, -0.05) is 56.8 Å². The highest BCUT2D eigenvalue weighted by molar-refractivity contribution is 7.99. The van der Waals surface area contributed by atoms with Gasteiger partial charge in [-0.05, 0) is 48.2 Å². The lowest BCUT2D eigenvalue weighted by molar-refractivity contribution is -0.113. The standard InChI is InChI=1S/C25H30N4O2S/c1-5-15-29-24(20-11-13-21(14-12-20)31-16-18(3)4)27-28-25(29)32-17-23(30)26-22-10-8-7-9-19(22)6-2/h5,7-14,18H,1,6,15-17H2,2-4H3,(H,26,30). The SMILES string of the molecule is C=CCn1c(SCC(=O)Nc2ccccc2CC)nnc1-c1ccc(OCC(C)C)cc1. The quantitative estimate of drug-likeness (QED) is 0.310. The number of benzene rings is 2. The van der Waals surface area contributed by atoms with Gasteiger partial charge in [-0.3, -0.25) is 9.36 Å². The molecule has 0 fully saturated rings. The number of aryl methyl sites for hydroxylation is 1. The van der Waals surface area contributed by atoms with Crippen LogP contribution in [0.3, 0.4) is 0 Å². The minimum Gasteiger partial charge on any atom is -0.493 e. The van der Waals surface area contributed by atoms with Gasteiger partial charge in [0, 0.05) is 17.8 Å². The lowest BCUT2D eigenvalue weighted by atomic mass is 10.1. The fourth-order valence-electron chi connectivity index (χ4n) is 3.13. The lowest BCUT2D eigenvalue weighted by Crippen LogP contribution is -2.15. The van der Waals surface area contributed by atoms with Crippen LogP contribution in [-0.2, 0) is 17.8 Å². The van der Waals surface area contributed by atoms with E-state index in [1.165, 1.54) is 11.8 Å². The van der Waals surface area contributed by atoms with Crippen LogP contribution in [0, 0.1) is 5.92 Å². The molecule has 1 heterocycles. The Hall–Kier alpha value is -3.06. The van der Waals surface area contributed by atoms with E-state index in [0.717, 1.165) is 34.8 Å². The summed E-state index contributed by atoms with van der Waals surface area (Å²) in [6.45, 7) is 11.4. The molecule has 0 radical (unpaired) electrons. The molecule has 168 valence electrons. The maximum atomic E-state index is 12.5. The maximum Gasteiger partial charge on any atom is 0.234 e. The molecule has 0 saturated heterocycles.